The lowest BCUT2D eigenvalue weighted by atomic mass is 9.81. The molecule has 2 amide bonds. The van der Waals surface area contributed by atoms with E-state index in [0.717, 1.165) is 19.3 Å². The summed E-state index contributed by atoms with van der Waals surface area (Å²) < 4.78 is 5.36. The van der Waals surface area contributed by atoms with Gasteiger partial charge in [0.05, 0.1) is 28.1 Å². The van der Waals surface area contributed by atoms with Gasteiger partial charge in [-0.05, 0) is 67.5 Å². The van der Waals surface area contributed by atoms with Gasteiger partial charge in [-0.1, -0.05) is 23.7 Å². The average Bonchev–Trinajstić information content (AvgIpc) is 3.37. The molecule has 5 rings (SSSR count). The van der Waals surface area contributed by atoms with Gasteiger partial charge in [-0.2, -0.15) is 0 Å². The van der Waals surface area contributed by atoms with Crippen molar-refractivity contribution >= 4 is 35.1 Å². The molecule has 3 aliphatic rings. The third-order valence-corrected chi connectivity index (χ3v) is 6.66. The Balaban J connectivity index is 1.35. The minimum absolute atomic E-state index is 0.0805. The zero-order chi connectivity index (χ0) is 19.4. The molecule has 5 nitrogen and oxygen atoms in total. The van der Waals surface area contributed by atoms with Crippen LogP contribution in [-0.2, 0) is 9.59 Å². The van der Waals surface area contributed by atoms with Crippen molar-refractivity contribution in [2.75, 3.05) is 4.90 Å². The van der Waals surface area contributed by atoms with E-state index < -0.39 is 5.97 Å². The second-order valence-electron chi connectivity index (χ2n) is 7.76. The maximum absolute atomic E-state index is 12.9. The number of halogens is 1. The Morgan fingerprint density at radius 2 is 1.54 bits per heavy atom. The highest BCUT2D eigenvalue weighted by molar-refractivity contribution is 6.33. The molecule has 2 aromatic rings. The molecule has 0 spiro atoms. The van der Waals surface area contributed by atoms with Crippen molar-refractivity contribution in [3.8, 4) is 5.75 Å². The van der Waals surface area contributed by atoms with Gasteiger partial charge in [-0.3, -0.25) is 14.5 Å². The molecule has 28 heavy (non-hydrogen) atoms. The largest absolute Gasteiger partial charge is 0.423 e. The van der Waals surface area contributed by atoms with E-state index in [1.54, 1.807) is 48.5 Å². The highest BCUT2D eigenvalue weighted by Gasteiger charge is 2.61. The SMILES string of the molecule is O=C(Oc1ccc(N2C(=O)[C@@H]3[C@H]4CC[C@@H](C4)[C@H]3C2=O)cc1)c1ccccc1Cl. The molecule has 0 radical (unpaired) electrons. The fraction of sp³-hybridized carbons (Fsp3) is 0.318. The van der Waals surface area contributed by atoms with E-state index in [-0.39, 0.29) is 29.2 Å². The number of hydrogen-bond donors (Lipinski definition) is 0. The summed E-state index contributed by atoms with van der Waals surface area (Å²) >= 11 is 6.02. The minimum atomic E-state index is -0.558. The maximum atomic E-state index is 12.9. The number of hydrogen-bond acceptors (Lipinski definition) is 4. The zero-order valence-electron chi connectivity index (χ0n) is 15.0. The smallest absolute Gasteiger partial charge is 0.345 e. The van der Waals surface area contributed by atoms with Crippen molar-refractivity contribution in [2.45, 2.75) is 19.3 Å². The van der Waals surface area contributed by atoms with E-state index in [4.69, 9.17) is 16.3 Å². The summed E-state index contributed by atoms with van der Waals surface area (Å²) in [6.45, 7) is 0. The molecule has 2 aliphatic carbocycles. The first kappa shape index (κ1) is 17.4. The summed E-state index contributed by atoms with van der Waals surface area (Å²) in [5.74, 6) is 0.0180. The Kier molecular flexibility index (Phi) is 4.02. The van der Waals surface area contributed by atoms with Gasteiger partial charge in [0.25, 0.3) is 0 Å². The van der Waals surface area contributed by atoms with Crippen LogP contribution < -0.4 is 9.64 Å². The monoisotopic (exact) mass is 395 g/mol. The van der Waals surface area contributed by atoms with Gasteiger partial charge in [0.15, 0.2) is 0 Å². The molecule has 2 bridgehead atoms. The number of amides is 2. The first-order valence-electron chi connectivity index (χ1n) is 9.49. The summed E-state index contributed by atoms with van der Waals surface area (Å²) in [6.07, 6.45) is 3.11. The van der Waals surface area contributed by atoms with Crippen LogP contribution in [0.25, 0.3) is 0 Å². The molecule has 4 atom stereocenters. The van der Waals surface area contributed by atoms with Gasteiger partial charge in [-0.15, -0.1) is 0 Å². The van der Waals surface area contributed by atoms with E-state index in [1.165, 1.54) is 4.90 Å². The topological polar surface area (TPSA) is 63.7 Å². The lowest BCUT2D eigenvalue weighted by molar-refractivity contribution is -0.123. The molecule has 3 fully saturated rings. The molecule has 1 heterocycles. The lowest BCUT2D eigenvalue weighted by Crippen LogP contribution is -2.32. The van der Waals surface area contributed by atoms with Crippen molar-refractivity contribution in [2.24, 2.45) is 23.7 Å². The van der Waals surface area contributed by atoms with Gasteiger partial charge in [0, 0.05) is 0 Å². The Bertz CT molecular complexity index is 958. The first-order chi connectivity index (χ1) is 13.5. The van der Waals surface area contributed by atoms with E-state index in [9.17, 15) is 14.4 Å². The maximum Gasteiger partial charge on any atom is 0.345 e. The second kappa shape index (κ2) is 6.45. The van der Waals surface area contributed by atoms with E-state index >= 15 is 0 Å². The number of nitrogens with zero attached hydrogens (tertiary/aromatic N) is 1. The third-order valence-electron chi connectivity index (χ3n) is 6.33. The first-order valence-corrected chi connectivity index (χ1v) is 9.87. The fourth-order valence-corrected chi connectivity index (χ4v) is 5.33. The molecule has 2 aromatic carbocycles. The molecule has 1 saturated heterocycles. The van der Waals surface area contributed by atoms with Gasteiger partial charge in [0.2, 0.25) is 11.8 Å². The van der Waals surface area contributed by atoms with E-state index in [1.807, 2.05) is 0 Å². The molecule has 0 unspecified atom stereocenters. The molecule has 0 N–H and O–H groups in total. The van der Waals surface area contributed by atoms with Gasteiger partial charge in [0.1, 0.15) is 5.75 Å². The number of benzene rings is 2. The lowest BCUT2D eigenvalue weighted by Gasteiger charge is -2.19. The normalized spacial score (nSPS) is 28.0. The highest BCUT2D eigenvalue weighted by Crippen LogP contribution is 2.56. The van der Waals surface area contributed by atoms with Crippen LogP contribution in [-0.4, -0.2) is 17.8 Å². The number of carbonyl (C=O) groups is 3. The van der Waals surface area contributed by atoms with Crippen LogP contribution in [0.15, 0.2) is 48.5 Å². The molecular formula is C22H18ClNO4. The number of ether oxygens (including phenoxy) is 1. The summed E-state index contributed by atoms with van der Waals surface area (Å²) in [6, 6.07) is 13.1. The molecule has 2 saturated carbocycles. The van der Waals surface area contributed by atoms with Crippen LogP contribution in [0.2, 0.25) is 5.02 Å². The van der Waals surface area contributed by atoms with Gasteiger partial charge >= 0.3 is 5.97 Å². The number of rotatable bonds is 3. The predicted octanol–water partition coefficient (Wildman–Crippen LogP) is 4.09. The number of carbonyl (C=O) groups excluding carboxylic acids is 3. The summed E-state index contributed by atoms with van der Waals surface area (Å²) in [5.41, 5.74) is 0.808. The number of esters is 1. The average molecular weight is 396 g/mol. The van der Waals surface area contributed by atoms with Crippen LogP contribution in [0.1, 0.15) is 29.6 Å². The van der Waals surface area contributed by atoms with Crippen molar-refractivity contribution in [3.63, 3.8) is 0 Å². The van der Waals surface area contributed by atoms with Gasteiger partial charge < -0.3 is 4.74 Å². The molecule has 6 heteroatoms. The Labute approximate surface area is 167 Å². The molecule has 1 aliphatic heterocycles. The van der Waals surface area contributed by atoms with Crippen LogP contribution >= 0.6 is 11.6 Å². The summed E-state index contributed by atoms with van der Waals surface area (Å²) in [5, 5.41) is 0.318. The van der Waals surface area contributed by atoms with Gasteiger partial charge in [-0.25, -0.2) is 4.79 Å². The highest BCUT2D eigenvalue weighted by atomic mass is 35.5. The second-order valence-corrected chi connectivity index (χ2v) is 8.17. The predicted molar refractivity (Wildman–Crippen MR) is 103 cm³/mol. The Hall–Kier alpha value is -2.66. The Morgan fingerprint density at radius 1 is 0.929 bits per heavy atom. The minimum Gasteiger partial charge on any atom is -0.423 e. The van der Waals surface area contributed by atoms with Crippen molar-refractivity contribution in [1.82, 2.24) is 0 Å². The number of anilines is 1. The van der Waals surface area contributed by atoms with Crippen LogP contribution in [0.4, 0.5) is 5.69 Å². The third kappa shape index (κ3) is 2.57. The summed E-state index contributed by atoms with van der Waals surface area (Å²) in [7, 11) is 0. The zero-order valence-corrected chi connectivity index (χ0v) is 15.8. The Morgan fingerprint density at radius 3 is 2.14 bits per heavy atom. The quantitative estimate of drug-likeness (QED) is 0.446. The van der Waals surface area contributed by atoms with Crippen LogP contribution in [0.3, 0.4) is 0 Å². The van der Waals surface area contributed by atoms with E-state index in [2.05, 4.69) is 0 Å². The van der Waals surface area contributed by atoms with Crippen molar-refractivity contribution in [3.05, 3.63) is 59.1 Å². The fourth-order valence-electron chi connectivity index (χ4n) is 5.12. The van der Waals surface area contributed by atoms with Crippen LogP contribution in [0, 0.1) is 23.7 Å². The summed E-state index contributed by atoms with van der Waals surface area (Å²) in [4.78, 5) is 39.3. The molecular weight excluding hydrogens is 378 g/mol. The number of imide groups is 1. The molecule has 142 valence electrons. The molecule has 0 aromatic heterocycles. The standard InChI is InChI=1S/C22H18ClNO4/c23-17-4-2-1-3-16(17)22(27)28-15-9-7-14(8-10-15)24-20(25)18-12-5-6-13(11-12)19(18)21(24)26/h1-4,7-10,12-13,18-19H,5-6,11H2/t12-,13-,18+,19+/m0/s1. The van der Waals surface area contributed by atoms with Crippen molar-refractivity contribution < 1.29 is 19.1 Å². The van der Waals surface area contributed by atoms with Crippen molar-refractivity contribution in [1.29, 1.82) is 0 Å². The number of fused-ring (bicyclic) bond motifs is 5. The van der Waals surface area contributed by atoms with Crippen LogP contribution in [0.5, 0.6) is 5.75 Å². The van der Waals surface area contributed by atoms with E-state index in [0.29, 0.717) is 28.3 Å².